The van der Waals surface area contributed by atoms with Gasteiger partial charge in [-0.1, -0.05) is 12.1 Å². The van der Waals surface area contributed by atoms with Gasteiger partial charge < -0.3 is 5.73 Å². The molecule has 0 aliphatic carbocycles. The number of rotatable bonds is 3. The molecule has 1 aromatic heterocycles. The van der Waals surface area contributed by atoms with E-state index in [9.17, 15) is 4.39 Å². The molecular formula is C14H11BrFN5. The summed E-state index contributed by atoms with van der Waals surface area (Å²) in [6.07, 6.45) is 0. The van der Waals surface area contributed by atoms with Crippen LogP contribution in [0.3, 0.4) is 0 Å². The summed E-state index contributed by atoms with van der Waals surface area (Å²) in [4.78, 5) is 0. The highest BCUT2D eigenvalue weighted by atomic mass is 79.9. The zero-order chi connectivity index (χ0) is 14.8. The molecule has 2 aromatic carbocycles. The Hall–Kier alpha value is -2.28. The normalized spacial score (nSPS) is 10.8. The largest absolute Gasteiger partial charge is 0.398 e. The number of benzene rings is 2. The summed E-state index contributed by atoms with van der Waals surface area (Å²) in [7, 11) is 0. The number of nitrogens with zero attached hydrogens (tertiary/aromatic N) is 4. The second kappa shape index (κ2) is 5.61. The van der Waals surface area contributed by atoms with E-state index in [0.717, 1.165) is 15.6 Å². The molecule has 5 nitrogen and oxygen atoms in total. The molecule has 0 amide bonds. The minimum Gasteiger partial charge on any atom is -0.398 e. The number of hydrogen-bond donors (Lipinski definition) is 1. The van der Waals surface area contributed by atoms with Crippen LogP contribution >= 0.6 is 15.9 Å². The number of aromatic nitrogens is 4. The molecule has 106 valence electrons. The van der Waals surface area contributed by atoms with E-state index in [1.54, 1.807) is 16.8 Å². The van der Waals surface area contributed by atoms with Crippen molar-refractivity contribution in [3.8, 4) is 11.4 Å². The molecule has 0 radical (unpaired) electrons. The monoisotopic (exact) mass is 347 g/mol. The van der Waals surface area contributed by atoms with Gasteiger partial charge in [-0.2, -0.15) is 0 Å². The van der Waals surface area contributed by atoms with Crippen LogP contribution in [-0.2, 0) is 6.54 Å². The highest BCUT2D eigenvalue weighted by Crippen LogP contribution is 2.25. The standard InChI is InChI=1S/C14H11BrFN5/c15-12-5-4-10(7-13(12)17)14-18-19-20-21(14)8-9-2-1-3-11(16)6-9/h1-7H,8,17H2. The fourth-order valence-electron chi connectivity index (χ4n) is 2.01. The number of nitrogens with two attached hydrogens (primary N) is 1. The van der Waals surface area contributed by atoms with Gasteiger partial charge in [0.25, 0.3) is 0 Å². The van der Waals surface area contributed by atoms with E-state index in [-0.39, 0.29) is 5.82 Å². The van der Waals surface area contributed by atoms with Gasteiger partial charge in [0.2, 0.25) is 0 Å². The zero-order valence-electron chi connectivity index (χ0n) is 10.9. The molecule has 0 saturated carbocycles. The predicted molar refractivity (Wildman–Crippen MR) is 80.9 cm³/mol. The zero-order valence-corrected chi connectivity index (χ0v) is 12.5. The van der Waals surface area contributed by atoms with E-state index in [0.29, 0.717) is 18.1 Å². The first-order chi connectivity index (χ1) is 10.1. The number of anilines is 1. The van der Waals surface area contributed by atoms with Gasteiger partial charge >= 0.3 is 0 Å². The van der Waals surface area contributed by atoms with E-state index in [1.165, 1.54) is 12.1 Å². The Morgan fingerprint density at radius 2 is 2.05 bits per heavy atom. The molecule has 3 aromatic rings. The summed E-state index contributed by atoms with van der Waals surface area (Å²) in [6.45, 7) is 0.385. The van der Waals surface area contributed by atoms with Gasteiger partial charge in [-0.15, -0.1) is 5.10 Å². The average Bonchev–Trinajstić information content (AvgIpc) is 2.90. The maximum atomic E-state index is 13.2. The van der Waals surface area contributed by atoms with Crippen molar-refractivity contribution in [1.29, 1.82) is 0 Å². The van der Waals surface area contributed by atoms with Gasteiger partial charge in [0.05, 0.1) is 6.54 Å². The van der Waals surface area contributed by atoms with Crippen LogP contribution in [-0.4, -0.2) is 20.2 Å². The van der Waals surface area contributed by atoms with Crippen LogP contribution in [0.2, 0.25) is 0 Å². The van der Waals surface area contributed by atoms with Crippen molar-refractivity contribution < 1.29 is 4.39 Å². The van der Waals surface area contributed by atoms with Crippen LogP contribution in [0.25, 0.3) is 11.4 Å². The summed E-state index contributed by atoms with van der Waals surface area (Å²) < 4.78 is 15.7. The van der Waals surface area contributed by atoms with Gasteiger partial charge in [-0.05, 0) is 62.3 Å². The first kappa shape index (κ1) is 13.7. The Balaban J connectivity index is 1.95. The van der Waals surface area contributed by atoms with Crippen LogP contribution in [0.1, 0.15) is 5.56 Å². The molecule has 0 atom stereocenters. The third-order valence-electron chi connectivity index (χ3n) is 3.01. The number of nitrogen functional groups attached to an aromatic ring is 1. The molecule has 0 saturated heterocycles. The van der Waals surface area contributed by atoms with Crippen LogP contribution in [0.5, 0.6) is 0 Å². The van der Waals surface area contributed by atoms with Crippen molar-refractivity contribution in [2.24, 2.45) is 0 Å². The molecule has 7 heteroatoms. The van der Waals surface area contributed by atoms with Gasteiger partial charge in [-0.25, -0.2) is 9.07 Å². The molecule has 0 fully saturated rings. The first-order valence-corrected chi connectivity index (χ1v) is 6.99. The Labute approximate surface area is 128 Å². The molecule has 0 bridgehead atoms. The minimum absolute atomic E-state index is 0.282. The second-order valence-corrected chi connectivity index (χ2v) is 5.38. The highest BCUT2D eigenvalue weighted by molar-refractivity contribution is 9.10. The Morgan fingerprint density at radius 3 is 2.81 bits per heavy atom. The maximum absolute atomic E-state index is 13.2. The lowest BCUT2D eigenvalue weighted by Gasteiger charge is -2.06. The third-order valence-corrected chi connectivity index (χ3v) is 3.73. The van der Waals surface area contributed by atoms with Crippen LogP contribution in [0.4, 0.5) is 10.1 Å². The fraction of sp³-hybridized carbons (Fsp3) is 0.0714. The van der Waals surface area contributed by atoms with Crippen molar-refractivity contribution in [1.82, 2.24) is 20.2 Å². The molecule has 21 heavy (non-hydrogen) atoms. The van der Waals surface area contributed by atoms with E-state index in [2.05, 4.69) is 31.5 Å². The minimum atomic E-state index is -0.282. The Morgan fingerprint density at radius 1 is 1.19 bits per heavy atom. The molecular weight excluding hydrogens is 337 g/mol. The van der Waals surface area contributed by atoms with E-state index in [4.69, 9.17) is 5.73 Å². The summed E-state index contributed by atoms with van der Waals surface area (Å²) in [5.74, 6) is 0.300. The summed E-state index contributed by atoms with van der Waals surface area (Å²) in [5, 5.41) is 11.6. The second-order valence-electron chi connectivity index (χ2n) is 4.53. The highest BCUT2D eigenvalue weighted by Gasteiger charge is 2.11. The average molecular weight is 348 g/mol. The van der Waals surface area contributed by atoms with Crippen LogP contribution in [0, 0.1) is 5.82 Å². The topological polar surface area (TPSA) is 69.6 Å². The number of hydrogen-bond acceptors (Lipinski definition) is 4. The molecule has 0 unspecified atom stereocenters. The molecule has 3 rings (SSSR count). The number of halogens is 2. The van der Waals surface area contributed by atoms with Gasteiger partial charge in [0, 0.05) is 15.7 Å². The quantitative estimate of drug-likeness (QED) is 0.739. The Kier molecular flexibility index (Phi) is 3.66. The molecule has 0 aliphatic rings. The maximum Gasteiger partial charge on any atom is 0.182 e. The van der Waals surface area contributed by atoms with Gasteiger partial charge in [0.1, 0.15) is 5.82 Å². The summed E-state index contributed by atoms with van der Waals surface area (Å²) in [6, 6.07) is 11.8. The van der Waals surface area contributed by atoms with Crippen LogP contribution in [0.15, 0.2) is 46.9 Å². The van der Waals surface area contributed by atoms with E-state index >= 15 is 0 Å². The van der Waals surface area contributed by atoms with E-state index in [1.807, 2.05) is 18.2 Å². The van der Waals surface area contributed by atoms with Crippen molar-refractivity contribution in [2.75, 3.05) is 5.73 Å². The first-order valence-electron chi connectivity index (χ1n) is 6.19. The fourth-order valence-corrected chi connectivity index (χ4v) is 2.26. The Bertz CT molecular complexity index is 787. The lowest BCUT2D eigenvalue weighted by Crippen LogP contribution is -2.05. The van der Waals surface area contributed by atoms with Crippen LogP contribution < -0.4 is 5.73 Å². The van der Waals surface area contributed by atoms with Crippen molar-refractivity contribution in [2.45, 2.75) is 6.54 Å². The van der Waals surface area contributed by atoms with Gasteiger partial charge in [-0.3, -0.25) is 0 Å². The number of tetrazole rings is 1. The lowest BCUT2D eigenvalue weighted by atomic mass is 10.2. The smallest absolute Gasteiger partial charge is 0.182 e. The van der Waals surface area contributed by atoms with Gasteiger partial charge in [0.15, 0.2) is 5.82 Å². The lowest BCUT2D eigenvalue weighted by molar-refractivity contribution is 0.615. The van der Waals surface area contributed by atoms with E-state index < -0.39 is 0 Å². The van der Waals surface area contributed by atoms with Crippen molar-refractivity contribution >= 4 is 21.6 Å². The van der Waals surface area contributed by atoms with Crippen molar-refractivity contribution in [3.63, 3.8) is 0 Å². The molecule has 0 aliphatic heterocycles. The predicted octanol–water partition coefficient (Wildman–Crippen LogP) is 2.87. The molecule has 1 heterocycles. The third kappa shape index (κ3) is 2.92. The molecule has 2 N–H and O–H groups in total. The summed E-state index contributed by atoms with van der Waals surface area (Å²) >= 11 is 3.35. The summed E-state index contributed by atoms with van der Waals surface area (Å²) in [5.41, 5.74) is 8.07. The molecule has 0 spiro atoms. The SMILES string of the molecule is Nc1cc(-c2nnnn2Cc2cccc(F)c2)ccc1Br. The van der Waals surface area contributed by atoms with Crippen molar-refractivity contribution in [3.05, 3.63) is 58.3 Å².